The Morgan fingerprint density at radius 1 is 0.903 bits per heavy atom. The zero-order valence-electron chi connectivity index (χ0n) is 17.1. The van der Waals surface area contributed by atoms with E-state index in [0.29, 0.717) is 11.3 Å². The summed E-state index contributed by atoms with van der Waals surface area (Å²) in [7, 11) is -3.62. The van der Waals surface area contributed by atoms with Crippen LogP contribution in [0, 0.1) is 0 Å². The van der Waals surface area contributed by atoms with Crippen molar-refractivity contribution in [2.45, 2.75) is 17.7 Å². The average Bonchev–Trinajstić information content (AvgIpc) is 3.34. The SMILES string of the molecule is O=C(Nc1cccc(C(=O)N2CCCC2)c1)N1CCN(S(=O)(=O)c2cccnc2)CC1. The lowest BCUT2D eigenvalue weighted by atomic mass is 10.2. The summed E-state index contributed by atoms with van der Waals surface area (Å²) in [6, 6.07) is 9.69. The van der Waals surface area contributed by atoms with E-state index in [-0.39, 0.29) is 43.0 Å². The van der Waals surface area contributed by atoms with Crippen LogP contribution in [0.2, 0.25) is 0 Å². The fourth-order valence-electron chi connectivity index (χ4n) is 3.82. The van der Waals surface area contributed by atoms with E-state index < -0.39 is 10.0 Å². The van der Waals surface area contributed by atoms with Gasteiger partial charge in [0.25, 0.3) is 5.91 Å². The molecule has 0 radical (unpaired) electrons. The molecule has 3 amide bonds. The van der Waals surface area contributed by atoms with Gasteiger partial charge in [-0.05, 0) is 43.2 Å². The number of nitrogens with one attached hydrogen (secondary N) is 1. The Bertz CT molecular complexity index is 1050. The van der Waals surface area contributed by atoms with Crippen molar-refractivity contribution in [3.8, 4) is 0 Å². The Labute approximate surface area is 181 Å². The lowest BCUT2D eigenvalue weighted by Gasteiger charge is -2.33. The maximum absolute atomic E-state index is 12.7. The number of sulfonamides is 1. The van der Waals surface area contributed by atoms with Crippen LogP contribution in [-0.2, 0) is 10.0 Å². The number of likely N-dealkylation sites (tertiary alicyclic amines) is 1. The molecule has 2 aliphatic rings. The van der Waals surface area contributed by atoms with Gasteiger partial charge in [0.2, 0.25) is 10.0 Å². The molecule has 0 unspecified atom stereocenters. The van der Waals surface area contributed by atoms with Gasteiger partial charge in [-0.3, -0.25) is 9.78 Å². The molecular weight excluding hydrogens is 418 g/mol. The van der Waals surface area contributed by atoms with Crippen LogP contribution >= 0.6 is 0 Å². The molecule has 31 heavy (non-hydrogen) atoms. The largest absolute Gasteiger partial charge is 0.339 e. The number of anilines is 1. The number of carbonyl (C=O) groups is 2. The van der Waals surface area contributed by atoms with E-state index in [1.54, 1.807) is 35.2 Å². The molecule has 0 bridgehead atoms. The quantitative estimate of drug-likeness (QED) is 0.777. The molecule has 2 aliphatic heterocycles. The molecular formula is C21H25N5O4S. The van der Waals surface area contributed by atoms with Crippen molar-refractivity contribution in [2.24, 2.45) is 0 Å². The molecule has 3 heterocycles. The van der Waals surface area contributed by atoms with Crippen molar-refractivity contribution in [2.75, 3.05) is 44.6 Å². The zero-order valence-corrected chi connectivity index (χ0v) is 17.9. The second-order valence-corrected chi connectivity index (χ2v) is 9.53. The van der Waals surface area contributed by atoms with Crippen molar-refractivity contribution < 1.29 is 18.0 Å². The average molecular weight is 444 g/mol. The topological polar surface area (TPSA) is 103 Å². The van der Waals surface area contributed by atoms with E-state index in [4.69, 9.17) is 0 Å². The van der Waals surface area contributed by atoms with Crippen LogP contribution in [0.3, 0.4) is 0 Å². The Morgan fingerprint density at radius 3 is 2.32 bits per heavy atom. The maximum atomic E-state index is 12.7. The van der Waals surface area contributed by atoms with Gasteiger partial charge in [0.1, 0.15) is 4.90 Å². The van der Waals surface area contributed by atoms with Gasteiger partial charge in [-0.2, -0.15) is 4.31 Å². The van der Waals surface area contributed by atoms with Gasteiger partial charge in [-0.15, -0.1) is 0 Å². The molecule has 9 nitrogen and oxygen atoms in total. The number of aromatic nitrogens is 1. The Kier molecular flexibility index (Phi) is 6.19. The van der Waals surface area contributed by atoms with Crippen molar-refractivity contribution in [1.29, 1.82) is 0 Å². The highest BCUT2D eigenvalue weighted by molar-refractivity contribution is 7.89. The highest BCUT2D eigenvalue weighted by Gasteiger charge is 2.30. The summed E-state index contributed by atoms with van der Waals surface area (Å²) < 4.78 is 26.8. The van der Waals surface area contributed by atoms with Gasteiger partial charge in [0, 0.05) is 62.9 Å². The molecule has 1 N–H and O–H groups in total. The lowest BCUT2D eigenvalue weighted by Crippen LogP contribution is -2.51. The maximum Gasteiger partial charge on any atom is 0.321 e. The molecule has 1 aromatic carbocycles. The van der Waals surface area contributed by atoms with E-state index in [1.165, 1.54) is 22.8 Å². The number of hydrogen-bond acceptors (Lipinski definition) is 5. The van der Waals surface area contributed by atoms with Crippen molar-refractivity contribution >= 4 is 27.6 Å². The number of urea groups is 1. The van der Waals surface area contributed by atoms with Crippen LogP contribution < -0.4 is 5.32 Å². The van der Waals surface area contributed by atoms with Gasteiger partial charge in [-0.1, -0.05) is 6.07 Å². The number of hydrogen-bond donors (Lipinski definition) is 1. The van der Waals surface area contributed by atoms with Gasteiger partial charge in [0.15, 0.2) is 0 Å². The van der Waals surface area contributed by atoms with Crippen LogP contribution in [0.1, 0.15) is 23.2 Å². The van der Waals surface area contributed by atoms with Crippen LogP contribution in [-0.4, -0.2) is 78.7 Å². The summed E-state index contributed by atoms with van der Waals surface area (Å²) in [5, 5.41) is 2.82. The first-order valence-electron chi connectivity index (χ1n) is 10.3. The van der Waals surface area contributed by atoms with Crippen LogP contribution in [0.4, 0.5) is 10.5 Å². The van der Waals surface area contributed by atoms with E-state index in [1.807, 2.05) is 4.90 Å². The number of pyridine rings is 1. The fourth-order valence-corrected chi connectivity index (χ4v) is 5.20. The van der Waals surface area contributed by atoms with E-state index in [2.05, 4.69) is 10.3 Å². The first kappa shape index (κ1) is 21.3. The molecule has 1 aromatic heterocycles. The van der Waals surface area contributed by atoms with Crippen molar-refractivity contribution in [1.82, 2.24) is 19.1 Å². The molecule has 2 fully saturated rings. The number of nitrogens with zero attached hydrogens (tertiary/aromatic N) is 4. The molecule has 10 heteroatoms. The van der Waals surface area contributed by atoms with Gasteiger partial charge >= 0.3 is 6.03 Å². The van der Waals surface area contributed by atoms with Gasteiger partial charge in [-0.25, -0.2) is 13.2 Å². The molecule has 0 aliphatic carbocycles. The minimum atomic E-state index is -3.62. The normalized spacial score (nSPS) is 17.5. The lowest BCUT2D eigenvalue weighted by molar-refractivity contribution is 0.0793. The standard InChI is InChI=1S/C21H25N5O4S/c27-20(24-9-1-2-10-24)17-5-3-6-18(15-17)23-21(28)25-11-13-26(14-12-25)31(29,30)19-7-4-8-22-16-19/h3-8,15-16H,1-2,9-14H2,(H,23,28). The molecule has 2 saturated heterocycles. The fraction of sp³-hybridized carbons (Fsp3) is 0.381. The first-order valence-corrected chi connectivity index (χ1v) is 11.7. The van der Waals surface area contributed by atoms with Crippen LogP contribution in [0.5, 0.6) is 0 Å². The van der Waals surface area contributed by atoms with Gasteiger partial charge in [0.05, 0.1) is 0 Å². The highest BCUT2D eigenvalue weighted by Crippen LogP contribution is 2.19. The summed E-state index contributed by atoms with van der Waals surface area (Å²) >= 11 is 0. The number of benzene rings is 1. The van der Waals surface area contributed by atoms with Crippen molar-refractivity contribution in [3.63, 3.8) is 0 Å². The minimum absolute atomic E-state index is 0.0252. The minimum Gasteiger partial charge on any atom is -0.339 e. The molecule has 0 spiro atoms. The summed E-state index contributed by atoms with van der Waals surface area (Å²) in [6.07, 6.45) is 4.88. The molecule has 164 valence electrons. The van der Waals surface area contributed by atoms with Gasteiger partial charge < -0.3 is 15.1 Å². The third kappa shape index (κ3) is 4.70. The summed E-state index contributed by atoms with van der Waals surface area (Å²) in [5.41, 5.74) is 1.09. The second kappa shape index (κ2) is 9.03. The number of rotatable bonds is 4. The smallest absolute Gasteiger partial charge is 0.321 e. The zero-order chi connectivity index (χ0) is 21.8. The first-order chi connectivity index (χ1) is 14.9. The third-order valence-electron chi connectivity index (χ3n) is 5.55. The number of piperazine rings is 1. The Balaban J connectivity index is 1.35. The summed E-state index contributed by atoms with van der Waals surface area (Å²) in [6.45, 7) is 2.50. The van der Waals surface area contributed by atoms with Crippen LogP contribution in [0.15, 0.2) is 53.7 Å². The number of amides is 3. The number of carbonyl (C=O) groups excluding carboxylic acids is 2. The highest BCUT2D eigenvalue weighted by atomic mass is 32.2. The summed E-state index contributed by atoms with van der Waals surface area (Å²) in [5.74, 6) is -0.0252. The monoisotopic (exact) mass is 443 g/mol. The molecule has 2 aromatic rings. The Morgan fingerprint density at radius 2 is 1.65 bits per heavy atom. The molecule has 0 saturated carbocycles. The van der Waals surface area contributed by atoms with E-state index in [0.717, 1.165) is 25.9 Å². The van der Waals surface area contributed by atoms with Crippen LogP contribution in [0.25, 0.3) is 0 Å². The molecule has 0 atom stereocenters. The second-order valence-electron chi connectivity index (χ2n) is 7.59. The predicted molar refractivity (Wildman–Crippen MR) is 115 cm³/mol. The van der Waals surface area contributed by atoms with E-state index in [9.17, 15) is 18.0 Å². The van der Waals surface area contributed by atoms with Crippen molar-refractivity contribution in [3.05, 3.63) is 54.4 Å². The third-order valence-corrected chi connectivity index (χ3v) is 7.43. The van der Waals surface area contributed by atoms with E-state index >= 15 is 0 Å². The predicted octanol–water partition coefficient (Wildman–Crippen LogP) is 1.86. The Hall–Kier alpha value is -2.98. The molecule has 4 rings (SSSR count). The summed E-state index contributed by atoms with van der Waals surface area (Å²) in [4.78, 5) is 32.7.